The average molecular weight is 537 g/mol. The molecule has 1 aliphatic heterocycles. The van der Waals surface area contributed by atoms with Gasteiger partial charge in [-0.15, -0.1) is 5.10 Å². The normalized spacial score (nSPS) is 17.3. The Labute approximate surface area is 225 Å². The smallest absolute Gasteiger partial charge is 0.256 e. The van der Waals surface area contributed by atoms with Gasteiger partial charge in [-0.25, -0.2) is 19.3 Å². The van der Waals surface area contributed by atoms with Gasteiger partial charge in [-0.3, -0.25) is 19.3 Å². The highest BCUT2D eigenvalue weighted by molar-refractivity contribution is 6.05. The van der Waals surface area contributed by atoms with E-state index in [0.29, 0.717) is 48.4 Å². The maximum atomic E-state index is 14.3. The number of aromatic nitrogens is 6. The Morgan fingerprint density at radius 3 is 2.87 bits per heavy atom. The minimum Gasteiger partial charge on any atom is -0.478 e. The molecule has 4 aromatic rings. The van der Waals surface area contributed by atoms with E-state index in [1.807, 2.05) is 31.0 Å². The van der Waals surface area contributed by atoms with Crippen molar-refractivity contribution in [3.8, 4) is 17.1 Å². The van der Waals surface area contributed by atoms with E-state index in [2.05, 4.69) is 30.7 Å². The van der Waals surface area contributed by atoms with Crippen LogP contribution in [0.15, 0.2) is 30.9 Å². The maximum Gasteiger partial charge on any atom is 0.256 e. The predicted octanol–water partition coefficient (Wildman–Crippen LogP) is 3.07. The second-order valence-electron chi connectivity index (χ2n) is 9.68. The zero-order chi connectivity index (χ0) is 27.7. The number of pyridine rings is 1. The summed E-state index contributed by atoms with van der Waals surface area (Å²) in [6, 6.07) is 1.42. The SMILES string of the molecule is CCC(C(=O)Nc1nccc2c(-c3nc(Nc4cn(C)nc4OC)ncc3C)c[nH]c12)N1CCN(C)C(F)C1. The molecule has 5 rings (SSSR count). The van der Waals surface area contributed by atoms with E-state index < -0.39 is 12.3 Å². The first-order valence-corrected chi connectivity index (χ1v) is 12.8. The number of methoxy groups -OCH3 is 1. The van der Waals surface area contributed by atoms with Crippen molar-refractivity contribution >= 4 is 34.3 Å². The van der Waals surface area contributed by atoms with Gasteiger partial charge in [-0.2, -0.15) is 0 Å². The standard InChI is InChI=1S/C26H33FN10O2/c1-6-19(37-10-9-35(3)20(27)14-37)24(38)33-23-22-16(7-8-28-23)17(12-29-22)21-15(2)11-30-26(32-21)31-18-13-36(4)34-25(18)39-5/h7-8,11-13,19-20,29H,6,9-10,14H2,1-5H3,(H,28,33,38)(H,30,31,32). The quantitative estimate of drug-likeness (QED) is 0.291. The van der Waals surface area contributed by atoms with Gasteiger partial charge in [0, 0.05) is 56.2 Å². The molecule has 1 aliphatic rings. The van der Waals surface area contributed by atoms with Gasteiger partial charge in [0.05, 0.1) is 30.6 Å². The van der Waals surface area contributed by atoms with Crippen LogP contribution in [0.3, 0.4) is 0 Å². The molecule has 2 atom stereocenters. The lowest BCUT2D eigenvalue weighted by Gasteiger charge is -2.38. The highest BCUT2D eigenvalue weighted by Gasteiger charge is 2.32. The minimum absolute atomic E-state index is 0.195. The number of carbonyl (C=O) groups is 1. The molecule has 3 N–H and O–H groups in total. The fraction of sp³-hybridized carbons (Fsp3) is 0.423. The first-order chi connectivity index (χ1) is 18.8. The van der Waals surface area contributed by atoms with E-state index in [1.165, 1.54) is 0 Å². The van der Waals surface area contributed by atoms with Crippen molar-refractivity contribution in [3.63, 3.8) is 0 Å². The van der Waals surface area contributed by atoms with Gasteiger partial charge < -0.3 is 20.4 Å². The third kappa shape index (κ3) is 5.27. The first-order valence-electron chi connectivity index (χ1n) is 12.8. The number of ether oxygens (including phenoxy) is 1. The van der Waals surface area contributed by atoms with Gasteiger partial charge in [0.1, 0.15) is 5.69 Å². The van der Waals surface area contributed by atoms with Crippen molar-refractivity contribution in [1.82, 2.24) is 39.5 Å². The largest absolute Gasteiger partial charge is 0.478 e. The minimum atomic E-state index is -1.09. The predicted molar refractivity (Wildman–Crippen MR) is 147 cm³/mol. The molecule has 12 nitrogen and oxygen atoms in total. The summed E-state index contributed by atoms with van der Waals surface area (Å²) < 4.78 is 21.3. The van der Waals surface area contributed by atoms with Gasteiger partial charge in [-0.05, 0) is 32.0 Å². The zero-order valence-electron chi connectivity index (χ0n) is 22.7. The molecule has 0 radical (unpaired) electrons. The summed E-state index contributed by atoms with van der Waals surface area (Å²) >= 11 is 0. The van der Waals surface area contributed by atoms with Gasteiger partial charge >= 0.3 is 0 Å². The van der Waals surface area contributed by atoms with Crippen molar-refractivity contribution in [2.24, 2.45) is 7.05 Å². The van der Waals surface area contributed by atoms with E-state index >= 15 is 0 Å². The zero-order valence-corrected chi connectivity index (χ0v) is 22.7. The van der Waals surface area contributed by atoms with Gasteiger partial charge in [0.15, 0.2) is 12.1 Å². The summed E-state index contributed by atoms with van der Waals surface area (Å²) in [5.74, 6) is 1.03. The molecule has 2 unspecified atom stereocenters. The van der Waals surface area contributed by atoms with Gasteiger partial charge in [-0.1, -0.05) is 6.92 Å². The number of piperazine rings is 1. The summed E-state index contributed by atoms with van der Waals surface area (Å²) in [5.41, 5.74) is 3.77. The summed E-state index contributed by atoms with van der Waals surface area (Å²) in [7, 11) is 5.11. The van der Waals surface area contributed by atoms with Crippen LogP contribution < -0.4 is 15.4 Å². The van der Waals surface area contributed by atoms with Crippen LogP contribution in [0.2, 0.25) is 0 Å². The number of alkyl halides is 1. The third-order valence-corrected chi connectivity index (χ3v) is 7.04. The number of amides is 1. The molecule has 5 heterocycles. The highest BCUT2D eigenvalue weighted by Crippen LogP contribution is 2.33. The molecule has 0 aliphatic carbocycles. The van der Waals surface area contributed by atoms with Crippen LogP contribution in [0.5, 0.6) is 5.88 Å². The number of fused-ring (bicyclic) bond motifs is 1. The number of likely N-dealkylation sites (N-methyl/N-ethyl adjacent to an activating group) is 1. The van der Waals surface area contributed by atoms with Crippen LogP contribution in [0.25, 0.3) is 22.2 Å². The summed E-state index contributed by atoms with van der Waals surface area (Å²) in [6.07, 6.45) is 6.50. The molecule has 39 heavy (non-hydrogen) atoms. The number of hydrogen-bond donors (Lipinski definition) is 3. The van der Waals surface area contributed by atoms with Crippen LogP contribution >= 0.6 is 0 Å². The second-order valence-corrected chi connectivity index (χ2v) is 9.68. The third-order valence-electron chi connectivity index (χ3n) is 7.04. The summed E-state index contributed by atoms with van der Waals surface area (Å²) in [4.78, 5) is 33.7. The van der Waals surface area contributed by atoms with Crippen molar-refractivity contribution in [1.29, 1.82) is 0 Å². The van der Waals surface area contributed by atoms with E-state index in [4.69, 9.17) is 9.72 Å². The number of anilines is 3. The van der Waals surface area contributed by atoms with Crippen molar-refractivity contribution < 1.29 is 13.9 Å². The van der Waals surface area contributed by atoms with Crippen molar-refractivity contribution in [2.45, 2.75) is 32.6 Å². The van der Waals surface area contributed by atoms with E-state index in [0.717, 1.165) is 22.2 Å². The number of aromatic amines is 1. The molecule has 1 fully saturated rings. The molecular weight excluding hydrogens is 503 g/mol. The lowest BCUT2D eigenvalue weighted by atomic mass is 10.1. The summed E-state index contributed by atoms with van der Waals surface area (Å²) in [6.45, 7) is 5.26. The maximum absolute atomic E-state index is 14.3. The Hall–Kier alpha value is -4.10. The number of hydrogen-bond acceptors (Lipinski definition) is 9. The Bertz CT molecular complexity index is 1480. The molecule has 13 heteroatoms. The number of H-pyrrole nitrogens is 1. The second kappa shape index (κ2) is 10.9. The lowest BCUT2D eigenvalue weighted by molar-refractivity contribution is -0.123. The van der Waals surface area contributed by atoms with Crippen molar-refractivity contribution in [2.75, 3.05) is 44.4 Å². The molecule has 206 valence electrons. The van der Waals surface area contributed by atoms with Crippen LogP contribution in [-0.4, -0.2) is 91.6 Å². The Kier molecular flexibility index (Phi) is 7.44. The molecular formula is C26H33FN10O2. The fourth-order valence-electron chi connectivity index (χ4n) is 4.89. The number of carbonyl (C=O) groups excluding carboxylic acids is 1. The fourth-order valence-corrected chi connectivity index (χ4v) is 4.89. The molecule has 0 aromatic carbocycles. The molecule has 4 aromatic heterocycles. The number of nitrogens with zero attached hydrogens (tertiary/aromatic N) is 7. The number of halogens is 1. The van der Waals surface area contributed by atoms with Crippen LogP contribution in [0.4, 0.5) is 21.8 Å². The Morgan fingerprint density at radius 1 is 1.31 bits per heavy atom. The molecule has 0 bridgehead atoms. The van der Waals surface area contributed by atoms with Crippen LogP contribution in [0.1, 0.15) is 18.9 Å². The summed E-state index contributed by atoms with van der Waals surface area (Å²) in [5, 5.41) is 11.2. The molecule has 0 saturated carbocycles. The topological polar surface area (TPSA) is 129 Å². The first kappa shape index (κ1) is 26.5. The molecule has 1 saturated heterocycles. The highest BCUT2D eigenvalue weighted by atomic mass is 19.1. The van der Waals surface area contributed by atoms with Crippen LogP contribution in [0, 0.1) is 6.92 Å². The van der Waals surface area contributed by atoms with Crippen LogP contribution in [-0.2, 0) is 11.8 Å². The molecule has 0 spiro atoms. The van der Waals surface area contributed by atoms with Gasteiger partial charge in [0.25, 0.3) is 5.88 Å². The van der Waals surface area contributed by atoms with Crippen molar-refractivity contribution in [3.05, 3.63) is 36.4 Å². The van der Waals surface area contributed by atoms with E-state index in [1.54, 1.807) is 49.4 Å². The average Bonchev–Trinajstić information content (AvgIpc) is 3.51. The van der Waals surface area contributed by atoms with E-state index in [9.17, 15) is 9.18 Å². The molecule has 1 amide bonds. The number of aryl methyl sites for hydroxylation is 2. The Morgan fingerprint density at radius 2 is 2.13 bits per heavy atom. The Balaban J connectivity index is 1.41. The number of rotatable bonds is 8. The van der Waals surface area contributed by atoms with Gasteiger partial charge in [0.2, 0.25) is 11.9 Å². The lowest BCUT2D eigenvalue weighted by Crippen LogP contribution is -2.55. The monoisotopic (exact) mass is 536 g/mol. The van der Waals surface area contributed by atoms with E-state index in [-0.39, 0.29) is 12.5 Å². The number of nitrogens with one attached hydrogen (secondary N) is 3.